The van der Waals surface area contributed by atoms with Gasteiger partial charge in [0.1, 0.15) is 12.3 Å². The Morgan fingerprint density at radius 1 is 1.19 bits per heavy atom. The van der Waals surface area contributed by atoms with Gasteiger partial charge in [-0.2, -0.15) is 4.98 Å². The highest BCUT2D eigenvalue weighted by molar-refractivity contribution is 6.44. The number of hydrogen-bond acceptors (Lipinski definition) is 10. The summed E-state index contributed by atoms with van der Waals surface area (Å²) in [5.74, 6) is -1.27. The highest BCUT2D eigenvalue weighted by Crippen LogP contribution is 2.31. The molecule has 196 valence electrons. The summed E-state index contributed by atoms with van der Waals surface area (Å²) in [5.41, 5.74) is 0.579. The van der Waals surface area contributed by atoms with E-state index in [1.165, 1.54) is 7.11 Å². The molecular weight excluding hydrogens is 484 g/mol. The molecule has 1 unspecified atom stereocenters. The number of benzene rings is 1. The Hall–Kier alpha value is -3.84. The minimum absolute atomic E-state index is 0.0470. The average molecular weight is 513 g/mol. The number of amides is 5. The summed E-state index contributed by atoms with van der Waals surface area (Å²) in [6, 6.07) is 6.47. The number of imide groups is 2. The molecule has 13 nitrogen and oxygen atoms in total. The molecule has 0 spiro atoms. The van der Waals surface area contributed by atoms with Crippen LogP contribution in [0, 0.1) is 5.92 Å². The highest BCUT2D eigenvalue weighted by atomic mass is 16.5. The molecule has 2 aliphatic heterocycles. The number of methoxy groups -OCH3 is 1. The number of anilines is 1. The van der Waals surface area contributed by atoms with Crippen molar-refractivity contribution in [1.82, 2.24) is 25.3 Å². The summed E-state index contributed by atoms with van der Waals surface area (Å²) in [4.78, 5) is 58.1. The van der Waals surface area contributed by atoms with Crippen LogP contribution in [0.15, 0.2) is 28.8 Å². The number of urea groups is 1. The minimum atomic E-state index is -0.926. The van der Waals surface area contributed by atoms with Gasteiger partial charge in [0.15, 0.2) is 5.82 Å². The first kappa shape index (κ1) is 24.8. The zero-order valence-corrected chi connectivity index (χ0v) is 20.4. The molecule has 3 fully saturated rings. The molecule has 37 heavy (non-hydrogen) atoms. The smallest absolute Gasteiger partial charge is 0.334 e. The van der Waals surface area contributed by atoms with Crippen LogP contribution < -0.4 is 15.0 Å². The number of rotatable bonds is 10. The topological polar surface area (TPSA) is 147 Å². The van der Waals surface area contributed by atoms with Crippen molar-refractivity contribution in [2.45, 2.75) is 31.9 Å². The lowest BCUT2D eigenvalue weighted by atomic mass is 10.2. The molecule has 1 aromatic heterocycles. The van der Waals surface area contributed by atoms with Crippen molar-refractivity contribution in [3.8, 4) is 5.75 Å². The second-order valence-corrected chi connectivity index (χ2v) is 9.19. The first-order chi connectivity index (χ1) is 17.9. The van der Waals surface area contributed by atoms with Crippen LogP contribution in [0.25, 0.3) is 0 Å². The quantitative estimate of drug-likeness (QED) is 0.349. The maximum absolute atomic E-state index is 13.4. The van der Waals surface area contributed by atoms with Gasteiger partial charge in [0.2, 0.25) is 11.8 Å². The van der Waals surface area contributed by atoms with Gasteiger partial charge in [-0.3, -0.25) is 19.3 Å². The third-order valence-electron chi connectivity index (χ3n) is 6.45. The van der Waals surface area contributed by atoms with Gasteiger partial charge in [0, 0.05) is 19.6 Å². The molecule has 0 bridgehead atoms. The van der Waals surface area contributed by atoms with Crippen LogP contribution in [0.2, 0.25) is 0 Å². The van der Waals surface area contributed by atoms with E-state index >= 15 is 0 Å². The number of nitrogens with one attached hydrogen (secondary N) is 1. The van der Waals surface area contributed by atoms with Gasteiger partial charge >= 0.3 is 17.8 Å². The number of aromatic nitrogens is 2. The van der Waals surface area contributed by atoms with Crippen molar-refractivity contribution in [2.24, 2.45) is 5.92 Å². The van der Waals surface area contributed by atoms with E-state index in [9.17, 15) is 19.2 Å². The molecule has 3 aliphatic rings. The lowest BCUT2D eigenvalue weighted by Crippen LogP contribution is -2.47. The van der Waals surface area contributed by atoms with Crippen molar-refractivity contribution in [3.05, 3.63) is 36.0 Å². The summed E-state index contributed by atoms with van der Waals surface area (Å²) in [6.07, 6.45) is 1.45. The zero-order chi connectivity index (χ0) is 25.9. The average Bonchev–Trinajstić information content (AvgIpc) is 3.60. The molecule has 2 aromatic rings. The Balaban J connectivity index is 1.28. The summed E-state index contributed by atoms with van der Waals surface area (Å²) >= 11 is 0. The fourth-order valence-corrected chi connectivity index (χ4v) is 4.33. The fraction of sp³-hybridized carbons (Fsp3) is 0.500. The number of carbonyl (C=O) groups excluding carboxylic acids is 4. The van der Waals surface area contributed by atoms with Crippen LogP contribution in [0.4, 0.5) is 10.5 Å². The molecule has 1 aromatic carbocycles. The van der Waals surface area contributed by atoms with E-state index in [-0.39, 0.29) is 55.7 Å². The normalized spacial score (nSPS) is 20.0. The summed E-state index contributed by atoms with van der Waals surface area (Å²) in [6.45, 7) is 2.07. The number of carbonyl (C=O) groups is 4. The third kappa shape index (κ3) is 5.47. The van der Waals surface area contributed by atoms with E-state index in [1.807, 2.05) is 12.1 Å². The van der Waals surface area contributed by atoms with Crippen LogP contribution in [0.5, 0.6) is 5.75 Å². The molecule has 1 aliphatic carbocycles. The highest BCUT2D eigenvalue weighted by Gasteiger charge is 2.46. The Labute approximate surface area is 212 Å². The van der Waals surface area contributed by atoms with Gasteiger partial charge in [-0.05, 0) is 30.9 Å². The van der Waals surface area contributed by atoms with Gasteiger partial charge < -0.3 is 24.2 Å². The predicted octanol–water partition coefficient (Wildman–Crippen LogP) is 0.343. The van der Waals surface area contributed by atoms with Gasteiger partial charge in [0.05, 0.1) is 38.5 Å². The Morgan fingerprint density at radius 3 is 2.70 bits per heavy atom. The van der Waals surface area contributed by atoms with Gasteiger partial charge in [0.25, 0.3) is 0 Å². The summed E-state index contributed by atoms with van der Waals surface area (Å²) in [5, 5.41) is 7.11. The molecule has 1 saturated carbocycles. The second kappa shape index (κ2) is 10.6. The maximum atomic E-state index is 13.4. The Kier molecular flexibility index (Phi) is 7.15. The SMILES string of the molecule is COc1ccccc1N(CC1CNCCO1)C(=O)Cc1noc(CN2C(=O)C(=O)N(CC3CC3)C2=O)n1. The van der Waals surface area contributed by atoms with Crippen molar-refractivity contribution >= 4 is 29.4 Å². The monoisotopic (exact) mass is 512 g/mol. The summed E-state index contributed by atoms with van der Waals surface area (Å²) < 4.78 is 16.5. The zero-order valence-electron chi connectivity index (χ0n) is 20.4. The Bertz CT molecular complexity index is 1190. The molecule has 1 atom stereocenters. The number of hydrogen-bond donors (Lipinski definition) is 1. The van der Waals surface area contributed by atoms with E-state index < -0.39 is 17.8 Å². The van der Waals surface area contributed by atoms with E-state index in [1.54, 1.807) is 17.0 Å². The number of morpholine rings is 1. The lowest BCUT2D eigenvalue weighted by Gasteiger charge is -2.31. The Morgan fingerprint density at radius 2 is 1.97 bits per heavy atom. The standard InChI is InChI=1S/C24H28N6O7/c1-35-18-5-3-2-4-17(18)28(13-16-11-25-8-9-36-16)21(31)10-19-26-20(37-27-19)14-30-23(33)22(32)29(24(30)34)12-15-6-7-15/h2-5,15-16,25H,6-14H2,1H3. The van der Waals surface area contributed by atoms with Gasteiger partial charge in [-0.1, -0.05) is 17.3 Å². The minimum Gasteiger partial charge on any atom is -0.495 e. The first-order valence-electron chi connectivity index (χ1n) is 12.2. The third-order valence-corrected chi connectivity index (χ3v) is 6.45. The molecule has 2 saturated heterocycles. The number of ether oxygens (including phenoxy) is 2. The second-order valence-electron chi connectivity index (χ2n) is 9.19. The molecule has 5 rings (SSSR count). The molecule has 3 heterocycles. The molecule has 5 amide bonds. The van der Waals surface area contributed by atoms with Crippen LogP contribution in [0.3, 0.4) is 0 Å². The number of nitrogens with zero attached hydrogens (tertiary/aromatic N) is 5. The molecule has 0 radical (unpaired) electrons. The molecular formula is C24H28N6O7. The van der Waals surface area contributed by atoms with Crippen LogP contribution in [-0.2, 0) is 32.1 Å². The maximum Gasteiger partial charge on any atom is 0.334 e. The fourth-order valence-electron chi connectivity index (χ4n) is 4.33. The van der Waals surface area contributed by atoms with Crippen molar-refractivity contribution in [2.75, 3.05) is 44.8 Å². The van der Waals surface area contributed by atoms with Crippen molar-refractivity contribution in [3.63, 3.8) is 0 Å². The van der Waals surface area contributed by atoms with E-state index in [2.05, 4.69) is 15.5 Å². The predicted molar refractivity (Wildman–Crippen MR) is 126 cm³/mol. The van der Waals surface area contributed by atoms with Crippen LogP contribution in [-0.4, -0.2) is 89.7 Å². The van der Waals surface area contributed by atoms with Crippen molar-refractivity contribution < 1.29 is 33.2 Å². The lowest BCUT2D eigenvalue weighted by molar-refractivity contribution is -0.143. The molecule has 1 N–H and O–H groups in total. The van der Waals surface area contributed by atoms with Crippen LogP contribution >= 0.6 is 0 Å². The van der Waals surface area contributed by atoms with Gasteiger partial charge in [-0.25, -0.2) is 9.69 Å². The largest absolute Gasteiger partial charge is 0.495 e. The molecule has 13 heteroatoms. The summed E-state index contributed by atoms with van der Waals surface area (Å²) in [7, 11) is 1.53. The number of para-hydroxylation sites is 2. The van der Waals surface area contributed by atoms with E-state index in [0.717, 1.165) is 29.2 Å². The van der Waals surface area contributed by atoms with E-state index in [0.29, 0.717) is 24.6 Å². The van der Waals surface area contributed by atoms with Gasteiger partial charge in [-0.15, -0.1) is 0 Å². The first-order valence-corrected chi connectivity index (χ1v) is 12.2. The van der Waals surface area contributed by atoms with E-state index in [4.69, 9.17) is 14.0 Å². The van der Waals surface area contributed by atoms with Crippen LogP contribution in [0.1, 0.15) is 24.6 Å². The van der Waals surface area contributed by atoms with Crippen molar-refractivity contribution in [1.29, 1.82) is 0 Å².